The van der Waals surface area contributed by atoms with Crippen molar-refractivity contribution in [1.29, 1.82) is 0 Å². The van der Waals surface area contributed by atoms with E-state index in [0.29, 0.717) is 0 Å². The van der Waals surface area contributed by atoms with Crippen LogP contribution in [0.15, 0.2) is 71.9 Å². The molecule has 2 aliphatic carbocycles. The topological polar surface area (TPSA) is 0 Å². The molecule has 3 aromatic rings. The summed E-state index contributed by atoms with van der Waals surface area (Å²) in [6, 6.07) is 19.3. The van der Waals surface area contributed by atoms with Crippen molar-refractivity contribution in [2.75, 3.05) is 0 Å². The Bertz CT molecular complexity index is 966. The Kier molecular flexibility index (Phi) is 12.6. The largest absolute Gasteiger partial charge is 0.126 e. The van der Waals surface area contributed by atoms with E-state index in [1.807, 2.05) is 0 Å². The van der Waals surface area contributed by atoms with Gasteiger partial charge in [0.1, 0.15) is 0 Å². The first-order valence-corrected chi connectivity index (χ1v) is 15.5. The van der Waals surface area contributed by atoms with Crippen LogP contribution in [0.5, 0.6) is 0 Å². The van der Waals surface area contributed by atoms with Crippen LogP contribution in [-0.4, -0.2) is 11.3 Å². The summed E-state index contributed by atoms with van der Waals surface area (Å²) in [6.45, 7) is 7.09. The molecule has 4 heteroatoms. The minimum Gasteiger partial charge on any atom is -0.126 e. The second kappa shape index (κ2) is 13.8. The van der Waals surface area contributed by atoms with Gasteiger partial charge in [-0.15, -0.1) is 46.2 Å². The number of halogens is 2. The van der Waals surface area contributed by atoms with Crippen molar-refractivity contribution in [1.82, 2.24) is 0 Å². The van der Waals surface area contributed by atoms with Crippen LogP contribution in [0.2, 0.25) is 19.6 Å². The molecule has 0 radical (unpaired) electrons. The van der Waals surface area contributed by atoms with Gasteiger partial charge in [-0.2, -0.15) is 6.08 Å². The molecule has 0 N–H and O–H groups in total. The molecule has 5 rings (SSSR count). The van der Waals surface area contributed by atoms with Crippen LogP contribution in [0.1, 0.15) is 38.5 Å². The summed E-state index contributed by atoms with van der Waals surface area (Å²) < 4.78 is 1.80. The van der Waals surface area contributed by atoms with E-state index in [4.69, 9.17) is 0 Å². The molecular weight excluding hydrogens is 515 g/mol. The summed E-state index contributed by atoms with van der Waals surface area (Å²) in [4.78, 5) is 0. The molecule has 0 saturated heterocycles. The van der Waals surface area contributed by atoms with Crippen molar-refractivity contribution in [2.45, 2.75) is 58.2 Å². The molecule has 3 aromatic carbocycles. The quantitative estimate of drug-likeness (QED) is 0.324. The molecule has 0 nitrogen and oxygen atoms in total. The predicted octanol–water partition coefficient (Wildman–Crippen LogP) is 1.94. The molecule has 0 amide bonds. The van der Waals surface area contributed by atoms with E-state index in [2.05, 4.69) is 92.5 Å². The van der Waals surface area contributed by atoms with Gasteiger partial charge in [-0.1, -0.05) is 56.0 Å². The smallest absolute Gasteiger partial charge is 0.0771 e. The Morgan fingerprint density at radius 1 is 0.806 bits per heavy atom. The molecule has 0 spiro atoms. The SMILES string of the molecule is C[Si](C)(C)C1=CC[C-]=C1.[Cl-].[Cl-].[Zr+2]=[C]1CCCCC1.c1ccc2c(c1)[cH-]c1ccccc12. The molecule has 0 unspecified atom stereocenters. The molecule has 1 fully saturated rings. The Hall–Kier alpha value is -0.660. The van der Waals surface area contributed by atoms with Gasteiger partial charge in [0.15, 0.2) is 0 Å². The van der Waals surface area contributed by atoms with Gasteiger partial charge in [0.2, 0.25) is 0 Å². The minimum absolute atomic E-state index is 0. The maximum Gasteiger partial charge on any atom is -0.0771 e. The Morgan fingerprint density at radius 3 is 1.68 bits per heavy atom. The summed E-state index contributed by atoms with van der Waals surface area (Å²) in [5.41, 5.74) is 0. The molecule has 0 atom stereocenters. The fraction of sp³-hybridized carbons (Fsp3) is 0.333. The van der Waals surface area contributed by atoms with Crippen molar-refractivity contribution in [2.24, 2.45) is 0 Å². The fourth-order valence-electron chi connectivity index (χ4n) is 3.80. The van der Waals surface area contributed by atoms with Crippen LogP contribution >= 0.6 is 0 Å². The van der Waals surface area contributed by atoms with Crippen LogP contribution in [0.3, 0.4) is 0 Å². The first-order chi connectivity index (χ1) is 13.9. The van der Waals surface area contributed by atoms with Crippen molar-refractivity contribution in [3.8, 4) is 0 Å². The summed E-state index contributed by atoms with van der Waals surface area (Å²) in [5, 5.41) is 6.95. The van der Waals surface area contributed by atoms with Gasteiger partial charge in [0.25, 0.3) is 0 Å². The maximum atomic E-state index is 3.20. The summed E-state index contributed by atoms with van der Waals surface area (Å²) in [7, 11) is -0.981. The number of fused-ring (bicyclic) bond motifs is 3. The number of hydrogen-bond acceptors (Lipinski definition) is 0. The molecule has 0 heterocycles. The molecule has 31 heavy (non-hydrogen) atoms. The minimum atomic E-state index is -0.981. The number of allylic oxidation sites excluding steroid dienone is 4. The van der Waals surface area contributed by atoms with Crippen LogP contribution in [0, 0.1) is 6.08 Å². The Labute approximate surface area is 216 Å². The molecule has 0 bridgehead atoms. The predicted molar refractivity (Wildman–Crippen MR) is 129 cm³/mol. The third-order valence-electron chi connectivity index (χ3n) is 5.54. The van der Waals surface area contributed by atoms with Crippen LogP contribution < -0.4 is 24.8 Å². The summed E-state index contributed by atoms with van der Waals surface area (Å²) in [6.07, 6.45) is 16.0. The zero-order chi connectivity index (χ0) is 20.7. The van der Waals surface area contributed by atoms with Gasteiger partial charge in [-0.25, -0.2) is 11.3 Å². The molecular formula is C27H32Cl2SiZr-2. The van der Waals surface area contributed by atoms with E-state index < -0.39 is 8.07 Å². The average molecular weight is 547 g/mol. The fourth-order valence-corrected chi connectivity index (χ4v) is 5.92. The number of benzene rings is 2. The van der Waals surface area contributed by atoms with Gasteiger partial charge in [0, 0.05) is 0 Å². The van der Waals surface area contributed by atoms with Crippen LogP contribution in [0.25, 0.3) is 21.5 Å². The Balaban J connectivity index is 0.000000238. The molecule has 1 saturated carbocycles. The van der Waals surface area contributed by atoms with E-state index in [9.17, 15) is 0 Å². The zero-order valence-corrected chi connectivity index (χ0v) is 23.8. The maximum absolute atomic E-state index is 3.20. The third kappa shape index (κ3) is 8.65. The standard InChI is InChI=1S/C13H9.C8H13Si.C6H10.2ClH.Zr/c1-3-7-12-10(5-1)9-11-6-2-4-8-13(11)12;1-9(2,3)8-6-4-5-7-8;1-2-4-6-5-3-1;;;/h1-9H;6-7H,4H2,1-3H3;1-5H2;2*1H;/q2*-1;;;;+2/p-2. The molecule has 2 aliphatic rings. The van der Waals surface area contributed by atoms with Crippen molar-refractivity contribution in [3.05, 3.63) is 78.0 Å². The first kappa shape index (κ1) is 28.4. The van der Waals surface area contributed by atoms with Crippen molar-refractivity contribution < 1.29 is 49.0 Å². The van der Waals surface area contributed by atoms with E-state index >= 15 is 0 Å². The Morgan fingerprint density at radius 2 is 1.32 bits per heavy atom. The second-order valence-electron chi connectivity index (χ2n) is 8.95. The van der Waals surface area contributed by atoms with Crippen molar-refractivity contribution in [3.63, 3.8) is 0 Å². The van der Waals surface area contributed by atoms with Gasteiger partial charge in [-0.05, 0) is 8.07 Å². The number of rotatable bonds is 1. The summed E-state index contributed by atoms with van der Waals surface area (Å²) >= 11 is 1.69. The van der Waals surface area contributed by atoms with Gasteiger partial charge >= 0.3 is 59.5 Å². The van der Waals surface area contributed by atoms with Crippen molar-refractivity contribution >= 4 is 32.8 Å². The number of hydrogen-bond donors (Lipinski definition) is 0. The van der Waals surface area contributed by atoms with Gasteiger partial charge in [0.05, 0.1) is 0 Å². The summed E-state index contributed by atoms with van der Waals surface area (Å²) in [5.74, 6) is 0. The van der Waals surface area contributed by atoms with E-state index in [1.165, 1.54) is 53.6 Å². The normalized spacial score (nSPS) is 15.1. The van der Waals surface area contributed by atoms with Crippen LogP contribution in [-0.2, 0) is 24.2 Å². The molecule has 0 aliphatic heterocycles. The first-order valence-electron chi connectivity index (χ1n) is 10.8. The van der Waals surface area contributed by atoms with Gasteiger partial charge < -0.3 is 24.8 Å². The third-order valence-corrected chi connectivity index (χ3v) is 8.85. The van der Waals surface area contributed by atoms with E-state index in [0.717, 1.165) is 6.42 Å². The van der Waals surface area contributed by atoms with Crippen LogP contribution in [0.4, 0.5) is 0 Å². The van der Waals surface area contributed by atoms with E-state index in [1.54, 1.807) is 32.6 Å². The monoisotopic (exact) mass is 544 g/mol. The zero-order valence-electron chi connectivity index (χ0n) is 18.8. The average Bonchev–Trinajstić information content (AvgIpc) is 3.38. The van der Waals surface area contributed by atoms with Gasteiger partial charge in [-0.3, -0.25) is 6.08 Å². The second-order valence-corrected chi connectivity index (χ2v) is 15.8. The molecule has 164 valence electrons. The molecule has 0 aromatic heterocycles. The van der Waals surface area contributed by atoms with E-state index in [-0.39, 0.29) is 24.8 Å².